The van der Waals surface area contributed by atoms with E-state index in [1.54, 1.807) is 30.1 Å². The molecule has 2 rings (SSSR count). The number of rotatable bonds is 4. The quantitative estimate of drug-likeness (QED) is 0.867. The van der Waals surface area contributed by atoms with Crippen molar-refractivity contribution in [2.75, 3.05) is 5.32 Å². The van der Waals surface area contributed by atoms with Gasteiger partial charge in [0.1, 0.15) is 12.2 Å². The first kappa shape index (κ1) is 13.3. The Hall–Kier alpha value is -2.09. The Labute approximate surface area is 117 Å². The summed E-state index contributed by atoms with van der Waals surface area (Å²) in [4.78, 5) is 22.7. The number of aryl methyl sites for hydroxylation is 1. The molecule has 2 aromatic rings. The van der Waals surface area contributed by atoms with E-state index in [-0.39, 0.29) is 12.5 Å². The Morgan fingerprint density at radius 1 is 1.47 bits per heavy atom. The van der Waals surface area contributed by atoms with Crippen molar-refractivity contribution < 1.29 is 9.59 Å². The molecule has 0 aliphatic rings. The maximum absolute atomic E-state index is 12.0. The molecule has 0 saturated heterocycles. The topological polar surface area (TPSA) is 94.9 Å². The number of carbonyl (C=O) groups is 2. The summed E-state index contributed by atoms with van der Waals surface area (Å²) in [7, 11) is 1.77. The molecule has 0 spiro atoms. The fraction of sp³-hybridized carbons (Fsp3) is 0.182. The van der Waals surface area contributed by atoms with E-state index in [0.717, 1.165) is 4.47 Å². The van der Waals surface area contributed by atoms with Gasteiger partial charge in [0.05, 0.1) is 11.9 Å². The van der Waals surface area contributed by atoms with Crippen molar-refractivity contribution in [3.63, 3.8) is 0 Å². The number of carbonyl (C=O) groups excluding carboxylic acids is 2. The Balaban J connectivity index is 2.09. The van der Waals surface area contributed by atoms with Crippen LogP contribution >= 0.6 is 15.9 Å². The molecular formula is C11H12BrN5O2. The monoisotopic (exact) mass is 325 g/mol. The number of hydrogen-bond donors (Lipinski definition) is 2. The fourth-order valence-electron chi connectivity index (χ4n) is 1.62. The second-order valence-corrected chi connectivity index (χ2v) is 4.92. The molecule has 0 atom stereocenters. The molecule has 3 N–H and O–H groups in total. The van der Waals surface area contributed by atoms with Gasteiger partial charge in [0.2, 0.25) is 5.91 Å². The molecule has 2 heterocycles. The molecule has 0 radical (unpaired) electrons. The highest BCUT2D eigenvalue weighted by atomic mass is 79.9. The highest BCUT2D eigenvalue weighted by Crippen LogP contribution is 2.15. The van der Waals surface area contributed by atoms with Crippen LogP contribution in [0.5, 0.6) is 0 Å². The van der Waals surface area contributed by atoms with E-state index in [9.17, 15) is 9.59 Å². The number of primary amides is 1. The van der Waals surface area contributed by atoms with Crippen molar-refractivity contribution in [2.45, 2.75) is 6.54 Å². The van der Waals surface area contributed by atoms with E-state index in [1.165, 1.54) is 10.9 Å². The van der Waals surface area contributed by atoms with Crippen LogP contribution in [0.1, 0.15) is 10.5 Å². The van der Waals surface area contributed by atoms with Crippen LogP contribution in [0.4, 0.5) is 5.69 Å². The zero-order valence-electron chi connectivity index (χ0n) is 10.1. The van der Waals surface area contributed by atoms with E-state index in [4.69, 9.17) is 5.73 Å². The lowest BCUT2D eigenvalue weighted by Gasteiger charge is -2.03. The predicted octanol–water partition coefficient (Wildman–Crippen LogP) is 0.722. The molecule has 0 fully saturated rings. The molecule has 100 valence electrons. The van der Waals surface area contributed by atoms with Gasteiger partial charge in [-0.1, -0.05) is 0 Å². The maximum atomic E-state index is 12.0. The normalized spacial score (nSPS) is 10.4. The van der Waals surface area contributed by atoms with Crippen LogP contribution in [-0.4, -0.2) is 26.2 Å². The number of aromatic nitrogens is 3. The molecule has 2 amide bonds. The minimum absolute atomic E-state index is 0.0222. The van der Waals surface area contributed by atoms with Crippen LogP contribution in [0.25, 0.3) is 0 Å². The summed E-state index contributed by atoms with van der Waals surface area (Å²) in [5, 5.41) is 6.61. The third kappa shape index (κ3) is 3.22. The molecule has 0 bridgehead atoms. The third-order valence-corrected chi connectivity index (χ3v) is 2.85. The van der Waals surface area contributed by atoms with Gasteiger partial charge in [-0.25, -0.2) is 0 Å². The predicted molar refractivity (Wildman–Crippen MR) is 72.5 cm³/mol. The first-order chi connectivity index (χ1) is 8.95. The van der Waals surface area contributed by atoms with Gasteiger partial charge in [-0.2, -0.15) is 5.10 Å². The van der Waals surface area contributed by atoms with Gasteiger partial charge >= 0.3 is 0 Å². The molecular weight excluding hydrogens is 314 g/mol. The Morgan fingerprint density at radius 2 is 2.21 bits per heavy atom. The average molecular weight is 326 g/mol. The van der Waals surface area contributed by atoms with Gasteiger partial charge in [-0.05, 0) is 22.0 Å². The van der Waals surface area contributed by atoms with Gasteiger partial charge in [-0.3, -0.25) is 14.3 Å². The first-order valence-electron chi connectivity index (χ1n) is 5.39. The van der Waals surface area contributed by atoms with Crippen molar-refractivity contribution in [1.82, 2.24) is 14.3 Å². The summed E-state index contributed by atoms with van der Waals surface area (Å²) in [6.45, 7) is -0.0222. The van der Waals surface area contributed by atoms with Crippen LogP contribution in [0.2, 0.25) is 0 Å². The van der Waals surface area contributed by atoms with Gasteiger partial charge in [0.15, 0.2) is 0 Å². The first-order valence-corrected chi connectivity index (χ1v) is 6.19. The molecule has 0 saturated carbocycles. The molecule has 7 nitrogen and oxygen atoms in total. The summed E-state index contributed by atoms with van der Waals surface area (Å²) in [6, 6.07) is 1.71. The second kappa shape index (κ2) is 5.27. The largest absolute Gasteiger partial charge is 0.368 e. The SMILES string of the molecule is Cn1cc(Br)cc1C(=O)Nc1cnn(CC(N)=O)c1. The smallest absolute Gasteiger partial charge is 0.272 e. The van der Waals surface area contributed by atoms with Crippen molar-refractivity contribution in [2.24, 2.45) is 12.8 Å². The van der Waals surface area contributed by atoms with Crippen LogP contribution in [0.3, 0.4) is 0 Å². The molecule has 8 heteroatoms. The molecule has 2 aromatic heterocycles. The number of amides is 2. The third-order valence-electron chi connectivity index (χ3n) is 2.41. The lowest BCUT2D eigenvalue weighted by atomic mass is 10.4. The van der Waals surface area contributed by atoms with Crippen molar-refractivity contribution >= 4 is 33.4 Å². The zero-order chi connectivity index (χ0) is 14.0. The number of hydrogen-bond acceptors (Lipinski definition) is 3. The van der Waals surface area contributed by atoms with E-state index in [1.807, 2.05) is 0 Å². The number of anilines is 1. The Bertz CT molecular complexity index is 631. The summed E-state index contributed by atoms with van der Waals surface area (Å²) in [6.07, 6.45) is 4.78. The van der Waals surface area contributed by atoms with Gasteiger partial charge in [0.25, 0.3) is 5.91 Å². The average Bonchev–Trinajstić information content (AvgIpc) is 2.84. The molecule has 0 aliphatic carbocycles. The van der Waals surface area contributed by atoms with Gasteiger partial charge < -0.3 is 15.6 Å². The van der Waals surface area contributed by atoms with Crippen molar-refractivity contribution in [1.29, 1.82) is 0 Å². The summed E-state index contributed by atoms with van der Waals surface area (Å²) < 4.78 is 3.89. The van der Waals surface area contributed by atoms with E-state index >= 15 is 0 Å². The van der Waals surface area contributed by atoms with Crippen LogP contribution in [0, 0.1) is 0 Å². The van der Waals surface area contributed by atoms with Crippen molar-refractivity contribution in [3.05, 3.63) is 34.8 Å². The molecule has 0 aromatic carbocycles. The summed E-state index contributed by atoms with van der Waals surface area (Å²) >= 11 is 3.30. The summed E-state index contributed by atoms with van der Waals surface area (Å²) in [5.41, 5.74) is 6.07. The molecule has 0 unspecified atom stereocenters. The fourth-order valence-corrected chi connectivity index (χ4v) is 2.14. The number of nitrogens with one attached hydrogen (secondary N) is 1. The van der Waals surface area contributed by atoms with Crippen LogP contribution in [0.15, 0.2) is 29.1 Å². The molecule has 0 aliphatic heterocycles. The summed E-state index contributed by atoms with van der Waals surface area (Å²) in [5.74, 6) is -0.751. The van der Waals surface area contributed by atoms with E-state index in [2.05, 4.69) is 26.3 Å². The van der Waals surface area contributed by atoms with Crippen molar-refractivity contribution in [3.8, 4) is 0 Å². The molecule has 19 heavy (non-hydrogen) atoms. The minimum Gasteiger partial charge on any atom is -0.368 e. The van der Waals surface area contributed by atoms with E-state index < -0.39 is 5.91 Å². The van der Waals surface area contributed by atoms with Crippen LogP contribution < -0.4 is 11.1 Å². The Morgan fingerprint density at radius 3 is 2.79 bits per heavy atom. The Kier molecular flexibility index (Phi) is 3.70. The van der Waals surface area contributed by atoms with E-state index in [0.29, 0.717) is 11.4 Å². The standard InChI is InChI=1S/C11H12BrN5O2/c1-16-4-7(12)2-9(16)11(19)15-8-3-14-17(5-8)6-10(13)18/h2-5H,6H2,1H3,(H2,13,18)(H,15,19). The highest BCUT2D eigenvalue weighted by Gasteiger charge is 2.12. The minimum atomic E-state index is -0.493. The van der Waals surface area contributed by atoms with Gasteiger partial charge in [-0.15, -0.1) is 0 Å². The number of nitrogens with zero attached hydrogens (tertiary/aromatic N) is 3. The van der Waals surface area contributed by atoms with Crippen LogP contribution in [-0.2, 0) is 18.4 Å². The number of halogens is 1. The lowest BCUT2D eigenvalue weighted by molar-refractivity contribution is -0.118. The van der Waals surface area contributed by atoms with Gasteiger partial charge in [0, 0.05) is 23.9 Å². The zero-order valence-corrected chi connectivity index (χ0v) is 11.7. The lowest BCUT2D eigenvalue weighted by Crippen LogP contribution is -2.19. The maximum Gasteiger partial charge on any atom is 0.272 e. The second-order valence-electron chi connectivity index (χ2n) is 4.00. The highest BCUT2D eigenvalue weighted by molar-refractivity contribution is 9.10. The number of nitrogens with two attached hydrogens (primary N) is 1.